The van der Waals surface area contributed by atoms with Gasteiger partial charge < -0.3 is 16.0 Å². The van der Waals surface area contributed by atoms with Crippen LogP contribution in [-0.2, 0) is 12.8 Å². The maximum atomic E-state index is 6.14. The number of nitrogens with zero attached hydrogens (tertiary/aromatic N) is 3. The molecular weight excluding hydrogens is 310 g/mol. The highest BCUT2D eigenvalue weighted by molar-refractivity contribution is 5.74. The Morgan fingerprint density at radius 1 is 1.08 bits per heavy atom. The van der Waals surface area contributed by atoms with Crippen LogP contribution in [0.15, 0.2) is 24.3 Å². The van der Waals surface area contributed by atoms with Crippen LogP contribution in [0.2, 0.25) is 0 Å². The zero-order valence-corrected chi connectivity index (χ0v) is 14.5. The summed E-state index contributed by atoms with van der Waals surface area (Å²) in [5, 5.41) is 3.55. The standard InChI is InChI=1S/C20H25N5/c21-20-23-18-16-6-2-1-4-13(16)5-3-7-17(18)19(24-20)25-9-8-14-10-22-11-15(14)12-25/h1-2,4,6,14-15,22H,3,5,7-12H2,(H2,21,23,24). The van der Waals surface area contributed by atoms with E-state index in [1.807, 2.05) is 0 Å². The molecule has 2 aromatic rings. The first-order chi connectivity index (χ1) is 12.3. The molecule has 0 bridgehead atoms. The van der Waals surface area contributed by atoms with Gasteiger partial charge in [0.1, 0.15) is 5.82 Å². The van der Waals surface area contributed by atoms with Gasteiger partial charge >= 0.3 is 0 Å². The number of hydrogen-bond donors (Lipinski definition) is 2. The summed E-state index contributed by atoms with van der Waals surface area (Å²) in [7, 11) is 0. The van der Waals surface area contributed by atoms with Crippen molar-refractivity contribution < 1.29 is 0 Å². The van der Waals surface area contributed by atoms with Crippen LogP contribution in [0.3, 0.4) is 0 Å². The number of nitrogens with two attached hydrogens (primary N) is 1. The molecule has 5 heteroatoms. The summed E-state index contributed by atoms with van der Waals surface area (Å²) in [6, 6.07) is 8.62. The molecule has 5 nitrogen and oxygen atoms in total. The van der Waals surface area contributed by atoms with Gasteiger partial charge in [0.25, 0.3) is 0 Å². The van der Waals surface area contributed by atoms with Crippen LogP contribution >= 0.6 is 0 Å². The Kier molecular flexibility index (Phi) is 3.63. The summed E-state index contributed by atoms with van der Waals surface area (Å²) in [6.07, 6.45) is 4.52. The van der Waals surface area contributed by atoms with Crippen molar-refractivity contribution >= 4 is 11.8 Å². The molecule has 2 atom stereocenters. The molecule has 3 N–H and O–H groups in total. The van der Waals surface area contributed by atoms with E-state index >= 15 is 0 Å². The van der Waals surface area contributed by atoms with Gasteiger partial charge in [-0.1, -0.05) is 24.3 Å². The molecule has 0 spiro atoms. The summed E-state index contributed by atoms with van der Waals surface area (Å²) in [4.78, 5) is 11.8. The number of hydrogen-bond acceptors (Lipinski definition) is 5. The van der Waals surface area contributed by atoms with E-state index < -0.39 is 0 Å². The van der Waals surface area contributed by atoms with Crippen molar-refractivity contribution in [2.75, 3.05) is 36.8 Å². The number of benzene rings is 1. The molecule has 0 saturated carbocycles. The minimum absolute atomic E-state index is 0.400. The molecule has 130 valence electrons. The highest BCUT2D eigenvalue weighted by atomic mass is 15.2. The number of nitrogen functional groups attached to an aromatic ring is 1. The Labute approximate surface area is 148 Å². The second-order valence-corrected chi connectivity index (χ2v) is 7.66. The first-order valence-electron chi connectivity index (χ1n) is 9.50. The topological polar surface area (TPSA) is 67.1 Å². The third-order valence-corrected chi connectivity index (χ3v) is 6.15. The van der Waals surface area contributed by atoms with Crippen LogP contribution in [-0.4, -0.2) is 36.1 Å². The normalized spacial score (nSPS) is 25.0. The van der Waals surface area contributed by atoms with E-state index in [-0.39, 0.29) is 0 Å². The average Bonchev–Trinajstić information content (AvgIpc) is 3.02. The second-order valence-electron chi connectivity index (χ2n) is 7.66. The fourth-order valence-corrected chi connectivity index (χ4v) is 4.86. The first-order valence-corrected chi connectivity index (χ1v) is 9.50. The number of aryl methyl sites for hydroxylation is 1. The lowest BCUT2D eigenvalue weighted by Gasteiger charge is -2.36. The lowest BCUT2D eigenvalue weighted by Crippen LogP contribution is -2.41. The number of aromatic nitrogens is 2. The largest absolute Gasteiger partial charge is 0.368 e. The van der Waals surface area contributed by atoms with Crippen molar-refractivity contribution in [3.63, 3.8) is 0 Å². The lowest BCUT2D eigenvalue weighted by atomic mass is 9.88. The zero-order valence-electron chi connectivity index (χ0n) is 14.5. The Balaban J connectivity index is 1.59. The van der Waals surface area contributed by atoms with Gasteiger partial charge in [0.05, 0.1) is 5.69 Å². The highest BCUT2D eigenvalue weighted by Gasteiger charge is 2.34. The molecule has 1 aromatic heterocycles. The Hall–Kier alpha value is -2.14. The van der Waals surface area contributed by atoms with Gasteiger partial charge in [0.2, 0.25) is 5.95 Å². The zero-order chi connectivity index (χ0) is 16.8. The van der Waals surface area contributed by atoms with E-state index in [9.17, 15) is 0 Å². The van der Waals surface area contributed by atoms with Crippen LogP contribution in [0.5, 0.6) is 0 Å². The maximum absolute atomic E-state index is 6.14. The second kappa shape index (κ2) is 5.99. The van der Waals surface area contributed by atoms with Gasteiger partial charge in [-0.3, -0.25) is 0 Å². The van der Waals surface area contributed by atoms with Crippen molar-refractivity contribution in [3.05, 3.63) is 35.4 Å². The van der Waals surface area contributed by atoms with Crippen molar-refractivity contribution in [1.29, 1.82) is 0 Å². The minimum atomic E-state index is 0.400. The molecule has 1 aromatic carbocycles. The number of rotatable bonds is 1. The third kappa shape index (κ3) is 2.58. The summed E-state index contributed by atoms with van der Waals surface area (Å²) < 4.78 is 0. The molecule has 5 rings (SSSR count). The monoisotopic (exact) mass is 335 g/mol. The smallest absolute Gasteiger partial charge is 0.222 e. The number of anilines is 2. The fourth-order valence-electron chi connectivity index (χ4n) is 4.86. The molecular formula is C20H25N5. The molecule has 3 aliphatic rings. The Morgan fingerprint density at radius 3 is 2.92 bits per heavy atom. The molecule has 0 radical (unpaired) electrons. The van der Waals surface area contributed by atoms with Crippen LogP contribution in [0.4, 0.5) is 11.8 Å². The van der Waals surface area contributed by atoms with E-state index in [0.717, 1.165) is 62.2 Å². The third-order valence-electron chi connectivity index (χ3n) is 6.15. The van der Waals surface area contributed by atoms with Gasteiger partial charge in [-0.15, -0.1) is 0 Å². The fraction of sp³-hybridized carbons (Fsp3) is 0.500. The maximum Gasteiger partial charge on any atom is 0.222 e. The Bertz CT molecular complexity index is 803. The average molecular weight is 335 g/mol. The molecule has 2 aliphatic heterocycles. The SMILES string of the molecule is Nc1nc2c(c(N3CCC4CNCC4C3)n1)CCCc1ccccc1-2. The van der Waals surface area contributed by atoms with E-state index in [2.05, 4.69) is 39.5 Å². The van der Waals surface area contributed by atoms with E-state index in [4.69, 9.17) is 10.7 Å². The van der Waals surface area contributed by atoms with E-state index in [1.54, 1.807) is 0 Å². The van der Waals surface area contributed by atoms with Crippen LogP contribution in [0, 0.1) is 11.8 Å². The lowest BCUT2D eigenvalue weighted by molar-refractivity contribution is 0.347. The minimum Gasteiger partial charge on any atom is -0.368 e. The van der Waals surface area contributed by atoms with Gasteiger partial charge in [-0.05, 0) is 56.2 Å². The highest BCUT2D eigenvalue weighted by Crippen LogP contribution is 2.38. The summed E-state index contributed by atoms with van der Waals surface area (Å²) in [5.74, 6) is 3.05. The number of fused-ring (bicyclic) bond motifs is 4. The van der Waals surface area contributed by atoms with E-state index in [0.29, 0.717) is 5.95 Å². The van der Waals surface area contributed by atoms with Crippen molar-refractivity contribution in [2.45, 2.75) is 25.7 Å². The molecule has 2 fully saturated rings. The molecule has 3 heterocycles. The van der Waals surface area contributed by atoms with Crippen LogP contribution in [0.25, 0.3) is 11.3 Å². The summed E-state index contributed by atoms with van der Waals surface area (Å²) in [6.45, 7) is 4.47. The van der Waals surface area contributed by atoms with Crippen LogP contribution in [0.1, 0.15) is 24.0 Å². The van der Waals surface area contributed by atoms with Gasteiger partial charge in [0.15, 0.2) is 0 Å². The van der Waals surface area contributed by atoms with Gasteiger partial charge in [0, 0.05) is 24.2 Å². The molecule has 2 saturated heterocycles. The quantitative estimate of drug-likeness (QED) is 0.837. The predicted molar refractivity (Wildman–Crippen MR) is 101 cm³/mol. The van der Waals surface area contributed by atoms with Crippen molar-refractivity contribution in [2.24, 2.45) is 11.8 Å². The van der Waals surface area contributed by atoms with Crippen molar-refractivity contribution in [1.82, 2.24) is 15.3 Å². The van der Waals surface area contributed by atoms with Gasteiger partial charge in [-0.2, -0.15) is 4.98 Å². The van der Waals surface area contributed by atoms with Crippen molar-refractivity contribution in [3.8, 4) is 11.3 Å². The summed E-state index contributed by atoms with van der Waals surface area (Å²) >= 11 is 0. The van der Waals surface area contributed by atoms with Crippen LogP contribution < -0.4 is 16.0 Å². The summed E-state index contributed by atoms with van der Waals surface area (Å²) in [5.41, 5.74) is 11.1. The van der Waals surface area contributed by atoms with Gasteiger partial charge in [-0.25, -0.2) is 4.98 Å². The first kappa shape index (κ1) is 15.1. The van der Waals surface area contributed by atoms with E-state index in [1.165, 1.54) is 29.7 Å². The predicted octanol–water partition coefficient (Wildman–Crippen LogP) is 2.26. The Morgan fingerprint density at radius 2 is 1.96 bits per heavy atom. The number of piperidine rings is 1. The molecule has 2 unspecified atom stereocenters. The molecule has 1 aliphatic carbocycles. The number of nitrogens with one attached hydrogen (secondary N) is 1. The molecule has 0 amide bonds. The molecule has 25 heavy (non-hydrogen) atoms.